The van der Waals surface area contributed by atoms with E-state index in [1.807, 2.05) is 29.2 Å². The maximum absolute atomic E-state index is 12.4. The molecule has 0 radical (unpaired) electrons. The van der Waals surface area contributed by atoms with Crippen molar-refractivity contribution in [3.63, 3.8) is 0 Å². The lowest BCUT2D eigenvalue weighted by Gasteiger charge is -2.24. The van der Waals surface area contributed by atoms with Crippen molar-refractivity contribution in [2.75, 3.05) is 6.54 Å². The third-order valence-electron chi connectivity index (χ3n) is 3.80. The van der Waals surface area contributed by atoms with Crippen LogP contribution in [0.15, 0.2) is 24.3 Å². The number of halogens is 1. The molecule has 3 rings (SSSR count). The summed E-state index contributed by atoms with van der Waals surface area (Å²) >= 11 is 5.91. The van der Waals surface area contributed by atoms with Crippen molar-refractivity contribution in [1.82, 2.24) is 10.2 Å². The first kappa shape index (κ1) is 12.0. The molecule has 2 fully saturated rings. The molecular weight excluding hydrogens is 248 g/mol. The molecule has 1 atom stereocenters. The Kier molecular flexibility index (Phi) is 2.83. The van der Waals surface area contributed by atoms with Crippen molar-refractivity contribution >= 4 is 17.5 Å². The van der Waals surface area contributed by atoms with Crippen LogP contribution in [0.3, 0.4) is 0 Å². The normalized spacial score (nSPS) is 24.9. The van der Waals surface area contributed by atoms with Crippen molar-refractivity contribution in [2.24, 2.45) is 0 Å². The van der Waals surface area contributed by atoms with Gasteiger partial charge in [-0.2, -0.15) is 0 Å². The fourth-order valence-corrected chi connectivity index (χ4v) is 2.78. The summed E-state index contributed by atoms with van der Waals surface area (Å²) in [5.74, 6) is 0.268. The van der Waals surface area contributed by atoms with Gasteiger partial charge >= 0.3 is 0 Å². The van der Waals surface area contributed by atoms with Crippen LogP contribution in [0.25, 0.3) is 0 Å². The van der Waals surface area contributed by atoms with Crippen molar-refractivity contribution in [3.8, 4) is 0 Å². The fourth-order valence-electron chi connectivity index (χ4n) is 2.66. The highest BCUT2D eigenvalue weighted by Gasteiger charge is 2.59. The minimum atomic E-state index is -0.251. The van der Waals surface area contributed by atoms with E-state index in [0.29, 0.717) is 0 Å². The summed E-state index contributed by atoms with van der Waals surface area (Å²) in [7, 11) is 0. The van der Waals surface area contributed by atoms with E-state index >= 15 is 0 Å². The molecule has 1 aromatic carbocycles. The van der Waals surface area contributed by atoms with Gasteiger partial charge in [-0.3, -0.25) is 10.1 Å². The molecule has 1 spiro atoms. The highest BCUT2D eigenvalue weighted by Crippen LogP contribution is 2.45. The number of rotatable bonds is 3. The molecule has 0 bridgehead atoms. The van der Waals surface area contributed by atoms with Gasteiger partial charge in [0, 0.05) is 11.6 Å². The minimum Gasteiger partial charge on any atom is -0.321 e. The Hall–Kier alpha value is -1.06. The molecule has 2 aliphatic rings. The smallest absolute Gasteiger partial charge is 0.244 e. The van der Waals surface area contributed by atoms with Gasteiger partial charge in [0.1, 0.15) is 11.7 Å². The molecule has 1 aromatic rings. The lowest BCUT2D eigenvalue weighted by Crippen LogP contribution is -2.32. The zero-order valence-corrected chi connectivity index (χ0v) is 11.2. The quantitative estimate of drug-likeness (QED) is 0.910. The second-order valence-electron chi connectivity index (χ2n) is 5.18. The number of nitrogens with zero attached hydrogens (tertiary/aromatic N) is 1. The third kappa shape index (κ3) is 1.82. The third-order valence-corrected chi connectivity index (χ3v) is 4.05. The lowest BCUT2D eigenvalue weighted by molar-refractivity contribution is -0.130. The highest BCUT2D eigenvalue weighted by atomic mass is 35.5. The summed E-state index contributed by atoms with van der Waals surface area (Å²) < 4.78 is 0. The van der Waals surface area contributed by atoms with Gasteiger partial charge in [-0.1, -0.05) is 30.7 Å². The molecule has 1 saturated carbocycles. The minimum absolute atomic E-state index is 0.0113. The lowest BCUT2D eigenvalue weighted by atomic mass is 10.1. The average Bonchev–Trinajstić information content (AvgIpc) is 3.10. The molecule has 4 heteroatoms. The van der Waals surface area contributed by atoms with Gasteiger partial charge in [-0.15, -0.1) is 0 Å². The number of carbonyl (C=O) groups is 1. The van der Waals surface area contributed by atoms with E-state index in [0.717, 1.165) is 36.4 Å². The molecular formula is C14H17ClN2O. The zero-order valence-electron chi connectivity index (χ0n) is 10.4. The summed E-state index contributed by atoms with van der Waals surface area (Å²) in [4.78, 5) is 14.3. The Bertz CT molecular complexity index is 467. The Balaban J connectivity index is 1.90. The fraction of sp³-hybridized carbons (Fsp3) is 0.500. The Morgan fingerprint density at radius 2 is 2.06 bits per heavy atom. The van der Waals surface area contributed by atoms with Crippen LogP contribution in [0, 0.1) is 0 Å². The number of amides is 1. The number of benzene rings is 1. The largest absolute Gasteiger partial charge is 0.321 e. The zero-order chi connectivity index (χ0) is 12.8. The molecule has 1 heterocycles. The predicted molar refractivity (Wildman–Crippen MR) is 71.3 cm³/mol. The number of hydrogen-bond donors (Lipinski definition) is 1. The molecule has 1 N–H and O–H groups in total. The van der Waals surface area contributed by atoms with Gasteiger partial charge in [0.25, 0.3) is 0 Å². The van der Waals surface area contributed by atoms with E-state index < -0.39 is 0 Å². The standard InChI is InChI=1S/C14H17ClN2O/c1-2-9-17-12(10-3-5-11(15)6-4-10)16-14(7-8-14)13(17)18/h3-6,12,16H,2,7-9H2,1H3. The van der Waals surface area contributed by atoms with Gasteiger partial charge < -0.3 is 4.90 Å². The molecule has 96 valence electrons. The van der Waals surface area contributed by atoms with E-state index in [9.17, 15) is 4.79 Å². The molecule has 0 aromatic heterocycles. The Labute approximate surface area is 112 Å². The monoisotopic (exact) mass is 264 g/mol. The molecule has 1 aliphatic carbocycles. The van der Waals surface area contributed by atoms with Crippen LogP contribution in [0.2, 0.25) is 5.02 Å². The summed E-state index contributed by atoms with van der Waals surface area (Å²) in [5, 5.41) is 4.22. The van der Waals surface area contributed by atoms with Crippen LogP contribution in [-0.2, 0) is 4.79 Å². The van der Waals surface area contributed by atoms with E-state index in [1.54, 1.807) is 0 Å². The number of carbonyl (C=O) groups excluding carboxylic acids is 1. The number of hydrogen-bond acceptors (Lipinski definition) is 2. The topological polar surface area (TPSA) is 32.3 Å². The van der Waals surface area contributed by atoms with Crippen molar-refractivity contribution in [2.45, 2.75) is 37.9 Å². The van der Waals surface area contributed by atoms with E-state index in [-0.39, 0.29) is 17.6 Å². The van der Waals surface area contributed by atoms with Crippen molar-refractivity contribution in [3.05, 3.63) is 34.9 Å². The molecule has 1 saturated heterocycles. The van der Waals surface area contributed by atoms with Crippen LogP contribution >= 0.6 is 11.6 Å². The summed E-state index contributed by atoms with van der Waals surface area (Å²) in [6, 6.07) is 7.75. The SMILES string of the molecule is CCCN1C(=O)C2(CC2)NC1c1ccc(Cl)cc1. The molecule has 3 nitrogen and oxygen atoms in total. The molecule has 1 amide bonds. The Morgan fingerprint density at radius 1 is 1.39 bits per heavy atom. The van der Waals surface area contributed by atoms with Crippen LogP contribution in [0.4, 0.5) is 0 Å². The first-order valence-corrected chi connectivity index (χ1v) is 6.88. The summed E-state index contributed by atoms with van der Waals surface area (Å²) in [5.41, 5.74) is 0.865. The van der Waals surface area contributed by atoms with Crippen LogP contribution in [0.5, 0.6) is 0 Å². The second-order valence-corrected chi connectivity index (χ2v) is 5.62. The molecule has 1 unspecified atom stereocenters. The van der Waals surface area contributed by atoms with Gasteiger partial charge in [0.15, 0.2) is 0 Å². The van der Waals surface area contributed by atoms with Gasteiger partial charge in [-0.25, -0.2) is 0 Å². The summed E-state index contributed by atoms with van der Waals surface area (Å²) in [6.07, 6.45) is 2.93. The average molecular weight is 265 g/mol. The first-order valence-electron chi connectivity index (χ1n) is 6.50. The van der Waals surface area contributed by atoms with Gasteiger partial charge in [0.2, 0.25) is 5.91 Å². The number of nitrogens with one attached hydrogen (secondary N) is 1. The highest BCUT2D eigenvalue weighted by molar-refractivity contribution is 6.30. The maximum Gasteiger partial charge on any atom is 0.244 e. The van der Waals surface area contributed by atoms with Gasteiger partial charge in [-0.05, 0) is 37.0 Å². The Morgan fingerprint density at radius 3 is 2.61 bits per heavy atom. The summed E-state index contributed by atoms with van der Waals surface area (Å²) in [6.45, 7) is 2.91. The second kappa shape index (κ2) is 4.25. The van der Waals surface area contributed by atoms with Crippen molar-refractivity contribution < 1.29 is 4.79 Å². The van der Waals surface area contributed by atoms with E-state index in [2.05, 4.69) is 12.2 Å². The predicted octanol–water partition coefficient (Wildman–Crippen LogP) is 2.71. The first-order chi connectivity index (χ1) is 8.66. The van der Waals surface area contributed by atoms with Crippen molar-refractivity contribution in [1.29, 1.82) is 0 Å². The van der Waals surface area contributed by atoms with Crippen LogP contribution in [0.1, 0.15) is 37.9 Å². The van der Waals surface area contributed by atoms with E-state index in [1.165, 1.54) is 0 Å². The van der Waals surface area contributed by atoms with E-state index in [4.69, 9.17) is 11.6 Å². The van der Waals surface area contributed by atoms with Crippen LogP contribution in [-0.4, -0.2) is 22.9 Å². The molecule has 1 aliphatic heterocycles. The van der Waals surface area contributed by atoms with Crippen LogP contribution < -0.4 is 5.32 Å². The molecule has 18 heavy (non-hydrogen) atoms. The van der Waals surface area contributed by atoms with Gasteiger partial charge in [0.05, 0.1) is 0 Å². The maximum atomic E-state index is 12.4.